The highest BCUT2D eigenvalue weighted by Gasteiger charge is 2.09. The predicted octanol–water partition coefficient (Wildman–Crippen LogP) is 3.77. The summed E-state index contributed by atoms with van der Waals surface area (Å²) in [5.74, 6) is 0. The van der Waals surface area contributed by atoms with Crippen molar-refractivity contribution in [2.24, 2.45) is 7.05 Å². The average Bonchev–Trinajstić information content (AvgIpc) is 2.83. The monoisotopic (exact) mass is 309 g/mol. The minimum absolute atomic E-state index is 0.558. The van der Waals surface area contributed by atoms with Crippen molar-refractivity contribution in [3.63, 3.8) is 0 Å². The van der Waals surface area contributed by atoms with Gasteiger partial charge in [0.2, 0.25) is 0 Å². The summed E-state index contributed by atoms with van der Waals surface area (Å²) in [5.41, 5.74) is 9.23. The van der Waals surface area contributed by atoms with Gasteiger partial charge in [0.25, 0.3) is 0 Å². The maximum absolute atomic E-state index is 11.5. The molecule has 2 N–H and O–H groups in total. The Kier molecular flexibility index (Phi) is 8.62. The number of nitrogen functional groups attached to an aromatic ring is 1. The van der Waals surface area contributed by atoms with E-state index in [-0.39, 0.29) is 0 Å². The van der Waals surface area contributed by atoms with Gasteiger partial charge in [0.1, 0.15) is 0 Å². The molecule has 0 amide bonds. The summed E-state index contributed by atoms with van der Waals surface area (Å²) >= 11 is 0. The van der Waals surface area contributed by atoms with Crippen LogP contribution < -0.4 is 5.73 Å². The molecule has 1 aromatic carbocycles. The van der Waals surface area contributed by atoms with Crippen LogP contribution in [0, 0.1) is 6.92 Å². The molecule has 1 atom stereocenters. The lowest BCUT2D eigenvalue weighted by molar-refractivity contribution is 0.687. The van der Waals surface area contributed by atoms with Gasteiger partial charge in [-0.3, -0.25) is 8.89 Å². The van der Waals surface area contributed by atoms with Crippen LogP contribution >= 0.6 is 0 Å². The van der Waals surface area contributed by atoms with Crippen LogP contribution in [0.1, 0.15) is 33.4 Å². The third kappa shape index (κ3) is 5.01. The molecule has 0 spiro atoms. The zero-order valence-corrected chi connectivity index (χ0v) is 14.9. The summed E-state index contributed by atoms with van der Waals surface area (Å²) in [5, 5.41) is 4.39. The molecule has 0 saturated carbocycles. The molecule has 0 fully saturated rings. The molecule has 0 bridgehead atoms. The van der Waals surface area contributed by atoms with Gasteiger partial charge in [-0.05, 0) is 25.1 Å². The molecule has 1 aromatic heterocycles. The van der Waals surface area contributed by atoms with Crippen molar-refractivity contribution in [2.75, 3.05) is 12.0 Å². The molecule has 1 heterocycles. The fourth-order valence-electron chi connectivity index (χ4n) is 1.64. The minimum atomic E-state index is -1.08. The van der Waals surface area contributed by atoms with E-state index in [1.807, 2.05) is 64.5 Å². The molecule has 2 rings (SSSR count). The van der Waals surface area contributed by atoms with Crippen LogP contribution in [0.2, 0.25) is 0 Å². The molecule has 0 aliphatic heterocycles. The Labute approximate surface area is 130 Å². The molecule has 21 heavy (non-hydrogen) atoms. The van der Waals surface area contributed by atoms with Gasteiger partial charge in [-0.1, -0.05) is 33.8 Å². The van der Waals surface area contributed by atoms with Crippen molar-refractivity contribution in [1.29, 1.82) is 0 Å². The Bertz CT molecular complexity index is 572. The second-order valence-electron chi connectivity index (χ2n) is 4.00. The normalized spacial score (nSPS) is 10.8. The number of rotatable bonds is 2. The summed E-state index contributed by atoms with van der Waals surface area (Å²) in [4.78, 5) is 0.658. The van der Waals surface area contributed by atoms with Crippen LogP contribution in [0.5, 0.6) is 0 Å². The molecule has 0 radical (unpaired) electrons. The van der Waals surface area contributed by atoms with Crippen molar-refractivity contribution in [3.05, 3.63) is 30.0 Å². The smallest absolute Gasteiger partial charge is 0.0926 e. The van der Waals surface area contributed by atoms with Crippen molar-refractivity contribution < 1.29 is 4.21 Å². The average molecular weight is 309 g/mol. The second kappa shape index (κ2) is 9.34. The van der Waals surface area contributed by atoms with Crippen molar-refractivity contribution in [2.45, 2.75) is 39.5 Å². The van der Waals surface area contributed by atoms with E-state index >= 15 is 0 Å². The lowest BCUT2D eigenvalue weighted by Crippen LogP contribution is -1.97. The first-order valence-corrected chi connectivity index (χ1v) is 8.79. The highest BCUT2D eigenvalue weighted by molar-refractivity contribution is 7.84. The van der Waals surface area contributed by atoms with E-state index < -0.39 is 10.8 Å². The Morgan fingerprint density at radius 1 is 1.14 bits per heavy atom. The van der Waals surface area contributed by atoms with Crippen LogP contribution in [-0.2, 0) is 17.8 Å². The number of hydrogen-bond acceptors (Lipinski definition) is 3. The first kappa shape index (κ1) is 19.4. The number of hydrogen-bond donors (Lipinski definition) is 1. The van der Waals surface area contributed by atoms with Crippen LogP contribution in [0.15, 0.2) is 29.2 Å². The number of benzene rings is 1. The van der Waals surface area contributed by atoms with Gasteiger partial charge >= 0.3 is 0 Å². The van der Waals surface area contributed by atoms with E-state index in [0.29, 0.717) is 10.6 Å². The third-order valence-electron chi connectivity index (χ3n) is 2.73. The molecule has 0 aliphatic rings. The van der Waals surface area contributed by atoms with Gasteiger partial charge in [0.05, 0.1) is 21.4 Å². The topological polar surface area (TPSA) is 60.9 Å². The first-order chi connectivity index (χ1) is 9.99. The lowest BCUT2D eigenvalue weighted by atomic mass is 10.1. The molecular weight excluding hydrogens is 282 g/mol. The van der Waals surface area contributed by atoms with Crippen molar-refractivity contribution >= 4 is 16.5 Å². The van der Waals surface area contributed by atoms with Crippen LogP contribution in [0.4, 0.5) is 5.69 Å². The van der Waals surface area contributed by atoms with E-state index in [4.69, 9.17) is 5.73 Å². The minimum Gasteiger partial charge on any atom is -0.398 e. The quantitative estimate of drug-likeness (QED) is 0.859. The fraction of sp³-hybridized carbons (Fsp3) is 0.438. The van der Waals surface area contributed by atoms with Gasteiger partial charge < -0.3 is 5.73 Å². The van der Waals surface area contributed by atoms with E-state index in [0.717, 1.165) is 17.0 Å². The summed E-state index contributed by atoms with van der Waals surface area (Å²) in [6, 6.07) is 7.50. The SMILES string of the molecule is CC.CC.Cc1cc(-c2ccc(N)c(S(C)=O)c2)nn1C. The first-order valence-electron chi connectivity index (χ1n) is 7.23. The molecule has 0 saturated heterocycles. The maximum atomic E-state index is 11.5. The predicted molar refractivity (Wildman–Crippen MR) is 92.8 cm³/mol. The van der Waals surface area contributed by atoms with Gasteiger partial charge in [-0.2, -0.15) is 5.10 Å². The number of aryl methyl sites for hydroxylation is 2. The second-order valence-corrected chi connectivity index (χ2v) is 5.35. The Morgan fingerprint density at radius 3 is 2.14 bits per heavy atom. The Morgan fingerprint density at radius 2 is 1.71 bits per heavy atom. The van der Waals surface area contributed by atoms with E-state index in [1.54, 1.807) is 12.3 Å². The molecule has 1 unspecified atom stereocenters. The highest BCUT2D eigenvalue weighted by atomic mass is 32.2. The number of aromatic nitrogens is 2. The summed E-state index contributed by atoms with van der Waals surface area (Å²) in [6.07, 6.45) is 1.62. The number of anilines is 1. The fourth-order valence-corrected chi connectivity index (χ4v) is 2.34. The van der Waals surface area contributed by atoms with Crippen molar-refractivity contribution in [1.82, 2.24) is 9.78 Å². The van der Waals surface area contributed by atoms with E-state index in [9.17, 15) is 4.21 Å². The Hall–Kier alpha value is -1.62. The van der Waals surface area contributed by atoms with Gasteiger partial charge in [-0.25, -0.2) is 0 Å². The summed E-state index contributed by atoms with van der Waals surface area (Å²) < 4.78 is 13.3. The number of nitrogens with zero attached hydrogens (tertiary/aromatic N) is 2. The zero-order valence-electron chi connectivity index (χ0n) is 14.1. The molecule has 4 nitrogen and oxygen atoms in total. The summed E-state index contributed by atoms with van der Waals surface area (Å²) in [6.45, 7) is 9.99. The zero-order chi connectivity index (χ0) is 16.6. The van der Waals surface area contributed by atoms with E-state index in [2.05, 4.69) is 5.10 Å². The van der Waals surface area contributed by atoms with Crippen LogP contribution in [0.3, 0.4) is 0 Å². The number of nitrogens with two attached hydrogens (primary N) is 1. The van der Waals surface area contributed by atoms with Gasteiger partial charge in [-0.15, -0.1) is 0 Å². The summed E-state index contributed by atoms with van der Waals surface area (Å²) in [7, 11) is 0.815. The molecule has 2 aromatic rings. The van der Waals surface area contributed by atoms with E-state index in [1.165, 1.54) is 0 Å². The lowest BCUT2D eigenvalue weighted by Gasteiger charge is -2.04. The largest absolute Gasteiger partial charge is 0.398 e. The maximum Gasteiger partial charge on any atom is 0.0926 e. The molecular formula is C16H27N3OS. The van der Waals surface area contributed by atoms with Crippen LogP contribution in [0.25, 0.3) is 11.3 Å². The highest BCUT2D eigenvalue weighted by Crippen LogP contribution is 2.25. The third-order valence-corrected chi connectivity index (χ3v) is 3.71. The molecule has 5 heteroatoms. The Balaban J connectivity index is 0.000000921. The molecule has 118 valence electrons. The van der Waals surface area contributed by atoms with Crippen LogP contribution in [-0.4, -0.2) is 20.2 Å². The standard InChI is InChI=1S/C12H15N3OS.2C2H6/c1-8-6-11(14-15(8)2)9-4-5-10(13)12(7-9)17(3)16;2*1-2/h4-7H,13H2,1-3H3;2*1-2H3. The molecule has 0 aliphatic carbocycles. The van der Waals surface area contributed by atoms with Gasteiger partial charge in [0.15, 0.2) is 0 Å². The van der Waals surface area contributed by atoms with Gasteiger partial charge in [0, 0.05) is 30.2 Å². The van der Waals surface area contributed by atoms with Crippen molar-refractivity contribution in [3.8, 4) is 11.3 Å².